The number of nitrogens with one attached hydrogen (secondary N) is 1. The van der Waals surface area contributed by atoms with Crippen molar-refractivity contribution in [2.45, 2.75) is 23.9 Å². The standard InChI is InChI=1S/C21H21NO3S2/c1-25-17-6-3-2-5-16(17)20(9-10-20)19(23)22-14-21(24,15-8-12-26-13-15)18-7-4-11-27-18/h2-8,11-13,24H,9-10,14H2,1H3,(H,22,23)/t21-/m0/s1. The number of hydrogen-bond donors (Lipinski definition) is 2. The second-order valence-corrected chi connectivity index (χ2v) is 8.54. The molecule has 1 atom stereocenters. The molecule has 0 unspecified atom stereocenters. The lowest BCUT2D eigenvalue weighted by Gasteiger charge is -2.28. The van der Waals surface area contributed by atoms with Crippen LogP contribution in [0.25, 0.3) is 0 Å². The van der Waals surface area contributed by atoms with E-state index in [-0.39, 0.29) is 12.5 Å². The van der Waals surface area contributed by atoms with Crippen molar-refractivity contribution < 1.29 is 14.6 Å². The van der Waals surface area contributed by atoms with Crippen molar-refractivity contribution in [2.24, 2.45) is 0 Å². The molecule has 140 valence electrons. The van der Waals surface area contributed by atoms with Crippen molar-refractivity contribution in [1.29, 1.82) is 0 Å². The second kappa shape index (κ2) is 7.11. The van der Waals surface area contributed by atoms with Crippen molar-refractivity contribution in [3.63, 3.8) is 0 Å². The molecule has 27 heavy (non-hydrogen) atoms. The van der Waals surface area contributed by atoms with E-state index in [2.05, 4.69) is 5.32 Å². The van der Waals surface area contributed by atoms with Crippen molar-refractivity contribution in [2.75, 3.05) is 13.7 Å². The number of ether oxygens (including phenoxy) is 1. The number of thiophene rings is 2. The molecule has 2 heterocycles. The summed E-state index contributed by atoms with van der Waals surface area (Å²) >= 11 is 3.02. The molecule has 1 aromatic carbocycles. The molecule has 1 aliphatic carbocycles. The van der Waals surface area contributed by atoms with Gasteiger partial charge in [-0.15, -0.1) is 11.3 Å². The molecule has 1 saturated carbocycles. The Kier molecular flexibility index (Phi) is 4.80. The molecule has 1 amide bonds. The lowest BCUT2D eigenvalue weighted by molar-refractivity contribution is -0.124. The monoisotopic (exact) mass is 399 g/mol. The zero-order chi connectivity index (χ0) is 18.9. The predicted molar refractivity (Wildman–Crippen MR) is 109 cm³/mol. The maximum atomic E-state index is 13.1. The van der Waals surface area contributed by atoms with Crippen LogP contribution in [0.15, 0.2) is 58.6 Å². The minimum Gasteiger partial charge on any atom is -0.496 e. The van der Waals surface area contributed by atoms with E-state index in [4.69, 9.17) is 4.74 Å². The first-order valence-corrected chi connectivity index (χ1v) is 10.6. The molecular weight excluding hydrogens is 378 g/mol. The Morgan fingerprint density at radius 2 is 2.04 bits per heavy atom. The summed E-state index contributed by atoms with van der Waals surface area (Å²) in [5, 5.41) is 20.2. The van der Waals surface area contributed by atoms with Gasteiger partial charge in [0.1, 0.15) is 11.4 Å². The summed E-state index contributed by atoms with van der Waals surface area (Å²) in [5.41, 5.74) is -0.0595. The lowest BCUT2D eigenvalue weighted by atomic mass is 9.91. The highest BCUT2D eigenvalue weighted by molar-refractivity contribution is 7.10. The Labute approximate surface area is 166 Å². The number of benzene rings is 1. The molecule has 4 rings (SSSR count). The van der Waals surface area contributed by atoms with Crippen LogP contribution in [-0.4, -0.2) is 24.7 Å². The zero-order valence-corrected chi connectivity index (χ0v) is 16.6. The summed E-state index contributed by atoms with van der Waals surface area (Å²) in [4.78, 5) is 13.9. The molecule has 0 spiro atoms. The average Bonchev–Trinajstić information content (AvgIpc) is 3.11. The minimum atomic E-state index is -1.22. The van der Waals surface area contributed by atoms with Gasteiger partial charge in [-0.3, -0.25) is 4.79 Å². The fraction of sp³-hybridized carbons (Fsp3) is 0.286. The van der Waals surface area contributed by atoms with E-state index >= 15 is 0 Å². The minimum absolute atomic E-state index is 0.0581. The normalized spacial score (nSPS) is 17.1. The first-order chi connectivity index (χ1) is 13.1. The van der Waals surface area contributed by atoms with Crippen LogP contribution in [0.4, 0.5) is 0 Å². The average molecular weight is 400 g/mol. The molecule has 1 aliphatic rings. The first kappa shape index (κ1) is 18.2. The topological polar surface area (TPSA) is 58.6 Å². The summed E-state index contributed by atoms with van der Waals surface area (Å²) < 4.78 is 5.46. The van der Waals surface area contributed by atoms with Crippen LogP contribution < -0.4 is 10.1 Å². The van der Waals surface area contributed by atoms with Gasteiger partial charge in [0.25, 0.3) is 0 Å². The van der Waals surface area contributed by atoms with E-state index in [1.165, 1.54) is 22.7 Å². The van der Waals surface area contributed by atoms with Gasteiger partial charge in [-0.2, -0.15) is 11.3 Å². The molecule has 0 saturated heterocycles. The van der Waals surface area contributed by atoms with Gasteiger partial charge in [-0.1, -0.05) is 24.3 Å². The first-order valence-electron chi connectivity index (χ1n) is 8.81. The van der Waals surface area contributed by atoms with E-state index in [1.807, 2.05) is 58.6 Å². The van der Waals surface area contributed by atoms with Crippen molar-refractivity contribution in [3.05, 3.63) is 74.6 Å². The summed E-state index contributed by atoms with van der Waals surface area (Å²) in [6.07, 6.45) is 1.57. The smallest absolute Gasteiger partial charge is 0.230 e. The number of rotatable bonds is 7. The molecule has 3 aromatic rings. The van der Waals surface area contributed by atoms with Crippen LogP contribution in [-0.2, 0) is 15.8 Å². The second-order valence-electron chi connectivity index (χ2n) is 6.81. The number of carbonyl (C=O) groups is 1. The van der Waals surface area contributed by atoms with Crippen molar-refractivity contribution in [3.8, 4) is 5.75 Å². The van der Waals surface area contributed by atoms with Gasteiger partial charge in [-0.25, -0.2) is 0 Å². The summed E-state index contributed by atoms with van der Waals surface area (Å²) in [6, 6.07) is 13.4. The highest BCUT2D eigenvalue weighted by atomic mass is 32.1. The van der Waals surface area contributed by atoms with Gasteiger partial charge in [0.2, 0.25) is 5.91 Å². The quantitative estimate of drug-likeness (QED) is 0.633. The Balaban J connectivity index is 1.58. The summed E-state index contributed by atoms with van der Waals surface area (Å²) in [7, 11) is 1.62. The highest BCUT2D eigenvalue weighted by Gasteiger charge is 2.53. The third kappa shape index (κ3) is 3.18. The van der Waals surface area contributed by atoms with E-state index in [1.54, 1.807) is 7.11 Å². The third-order valence-corrected chi connectivity index (χ3v) is 6.94. The molecule has 2 N–H and O–H groups in total. The molecular formula is C21H21NO3S2. The lowest BCUT2D eigenvalue weighted by Crippen LogP contribution is -2.44. The summed E-state index contributed by atoms with van der Waals surface area (Å²) in [5.74, 6) is 0.675. The Bertz CT molecular complexity index is 881. The molecule has 4 nitrogen and oxygen atoms in total. The molecule has 1 fully saturated rings. The Morgan fingerprint density at radius 1 is 1.22 bits per heavy atom. The van der Waals surface area contributed by atoms with Crippen molar-refractivity contribution in [1.82, 2.24) is 5.32 Å². The number of aliphatic hydroxyl groups is 1. The molecule has 2 aromatic heterocycles. The fourth-order valence-corrected chi connectivity index (χ4v) is 5.08. The summed E-state index contributed by atoms with van der Waals surface area (Å²) in [6.45, 7) is 0.139. The van der Waals surface area contributed by atoms with Crippen LogP contribution in [0.2, 0.25) is 0 Å². The molecule has 0 bridgehead atoms. The van der Waals surface area contributed by atoms with Gasteiger partial charge in [0.15, 0.2) is 0 Å². The van der Waals surface area contributed by atoms with Gasteiger partial charge < -0.3 is 15.2 Å². The van der Waals surface area contributed by atoms with Crippen LogP contribution in [0.5, 0.6) is 5.75 Å². The molecule has 0 radical (unpaired) electrons. The van der Waals surface area contributed by atoms with Gasteiger partial charge in [-0.05, 0) is 47.2 Å². The third-order valence-electron chi connectivity index (χ3n) is 5.24. The van der Waals surface area contributed by atoms with Crippen LogP contribution >= 0.6 is 22.7 Å². The zero-order valence-electron chi connectivity index (χ0n) is 15.0. The number of para-hydroxylation sites is 1. The van der Waals surface area contributed by atoms with Crippen LogP contribution in [0.1, 0.15) is 28.8 Å². The van der Waals surface area contributed by atoms with Crippen LogP contribution in [0, 0.1) is 0 Å². The number of carbonyl (C=O) groups excluding carboxylic acids is 1. The highest BCUT2D eigenvalue weighted by Crippen LogP contribution is 2.51. The SMILES string of the molecule is COc1ccccc1C1(C(=O)NC[C@](O)(c2ccsc2)c2cccs2)CC1. The Hall–Kier alpha value is -2.15. The van der Waals surface area contributed by atoms with E-state index in [0.29, 0.717) is 0 Å². The van der Waals surface area contributed by atoms with Gasteiger partial charge in [0, 0.05) is 16.0 Å². The Morgan fingerprint density at radius 3 is 2.67 bits per heavy atom. The van der Waals surface area contributed by atoms with E-state index in [9.17, 15) is 9.90 Å². The van der Waals surface area contributed by atoms with Gasteiger partial charge in [0.05, 0.1) is 19.1 Å². The maximum absolute atomic E-state index is 13.1. The molecule has 0 aliphatic heterocycles. The fourth-order valence-electron chi connectivity index (χ4n) is 3.51. The number of methoxy groups -OCH3 is 1. The largest absolute Gasteiger partial charge is 0.496 e. The maximum Gasteiger partial charge on any atom is 0.230 e. The van der Waals surface area contributed by atoms with E-state index < -0.39 is 11.0 Å². The van der Waals surface area contributed by atoms with Gasteiger partial charge >= 0.3 is 0 Å². The van der Waals surface area contributed by atoms with Crippen LogP contribution in [0.3, 0.4) is 0 Å². The van der Waals surface area contributed by atoms with E-state index in [0.717, 1.165) is 34.6 Å². The predicted octanol–water partition coefficient (Wildman–Crippen LogP) is 3.90. The van der Waals surface area contributed by atoms with Crippen molar-refractivity contribution >= 4 is 28.6 Å². The molecule has 6 heteroatoms. The number of amides is 1. The number of hydrogen-bond acceptors (Lipinski definition) is 5.